The summed E-state index contributed by atoms with van der Waals surface area (Å²) in [5.41, 5.74) is 5.96. The summed E-state index contributed by atoms with van der Waals surface area (Å²) in [6, 6.07) is 4.66. The van der Waals surface area contributed by atoms with Crippen LogP contribution in [0.1, 0.15) is 76.5 Å². The number of anilines is 1. The Balaban J connectivity index is 2.02. The third-order valence-corrected chi connectivity index (χ3v) is 6.73. The predicted molar refractivity (Wildman–Crippen MR) is 104 cm³/mol. The molecule has 1 heteroatoms. The van der Waals surface area contributed by atoms with E-state index in [1.165, 1.54) is 54.5 Å². The molecule has 1 saturated carbocycles. The van der Waals surface area contributed by atoms with Crippen molar-refractivity contribution in [3.8, 4) is 0 Å². The van der Waals surface area contributed by atoms with Gasteiger partial charge in [-0.05, 0) is 83.3 Å². The van der Waals surface area contributed by atoms with Crippen molar-refractivity contribution < 1.29 is 0 Å². The number of rotatable bonds is 1. The fraction of sp³-hybridized carbons (Fsp3) is 0.696. The van der Waals surface area contributed by atoms with Gasteiger partial charge in [-0.15, -0.1) is 0 Å². The number of piperidine rings is 1. The molecule has 1 saturated heterocycles. The lowest BCUT2D eigenvalue weighted by atomic mass is 9.58. The quantitative estimate of drug-likeness (QED) is 0.572. The minimum absolute atomic E-state index is 0.149. The molecule has 1 nitrogen and oxygen atoms in total. The molecule has 1 aliphatic carbocycles. The highest BCUT2D eigenvalue weighted by Crippen LogP contribution is 2.55. The number of nitrogens with zero attached hydrogens (tertiary/aromatic N) is 1. The Morgan fingerprint density at radius 2 is 1.62 bits per heavy atom. The van der Waals surface area contributed by atoms with Gasteiger partial charge in [0.05, 0.1) is 6.54 Å². The minimum atomic E-state index is 0.149. The number of hydrogen-bond acceptors (Lipinski definition) is 1. The Labute approximate surface area is 149 Å². The van der Waals surface area contributed by atoms with Crippen molar-refractivity contribution in [2.45, 2.75) is 86.1 Å². The first kappa shape index (κ1) is 17.8. The van der Waals surface area contributed by atoms with Gasteiger partial charge in [0.1, 0.15) is 0 Å². The van der Waals surface area contributed by atoms with Crippen LogP contribution in [0.15, 0.2) is 12.1 Å². The summed E-state index contributed by atoms with van der Waals surface area (Å²) < 4.78 is 0. The molecule has 24 heavy (non-hydrogen) atoms. The topological polar surface area (TPSA) is 3.24 Å². The van der Waals surface area contributed by atoms with Gasteiger partial charge in [0.2, 0.25) is 0 Å². The molecule has 1 aromatic carbocycles. The molecule has 0 bridgehead atoms. The van der Waals surface area contributed by atoms with E-state index in [4.69, 9.17) is 0 Å². The van der Waals surface area contributed by atoms with E-state index in [2.05, 4.69) is 72.0 Å². The monoisotopic (exact) mass is 325 g/mol. The van der Waals surface area contributed by atoms with Gasteiger partial charge in [-0.2, -0.15) is 0 Å². The molecule has 1 aromatic rings. The van der Waals surface area contributed by atoms with Gasteiger partial charge >= 0.3 is 0 Å². The summed E-state index contributed by atoms with van der Waals surface area (Å²) >= 11 is 0. The first-order chi connectivity index (χ1) is 11.1. The van der Waals surface area contributed by atoms with Crippen LogP contribution >= 0.6 is 0 Å². The average molecular weight is 326 g/mol. The maximum atomic E-state index is 4.09. The third kappa shape index (κ3) is 3.00. The van der Waals surface area contributed by atoms with Crippen LogP contribution in [0.2, 0.25) is 0 Å². The van der Waals surface area contributed by atoms with E-state index in [1.807, 2.05) is 0 Å². The fourth-order valence-electron chi connectivity index (χ4n) is 5.19. The van der Waals surface area contributed by atoms with Gasteiger partial charge in [0.15, 0.2) is 0 Å². The second kappa shape index (κ2) is 6.07. The standard InChI is InChI=1S/C23H35N/c1-16-8-9-20(5)23(14-16)11-10-22(6,7)24(15-23)21-18(3)12-17(2)13-19(21)4/h12-13,16,20H,8-11,14H2,1-7H3. The van der Waals surface area contributed by atoms with E-state index in [0.717, 1.165) is 11.8 Å². The maximum Gasteiger partial charge on any atom is 0.0987 e. The molecule has 3 unspecified atom stereocenters. The zero-order valence-electron chi connectivity index (χ0n) is 16.8. The van der Waals surface area contributed by atoms with Crippen LogP contribution < -0.4 is 4.90 Å². The lowest BCUT2D eigenvalue weighted by Crippen LogP contribution is -2.55. The van der Waals surface area contributed by atoms with E-state index in [0.29, 0.717) is 0 Å². The zero-order valence-corrected chi connectivity index (χ0v) is 16.8. The van der Waals surface area contributed by atoms with E-state index >= 15 is 0 Å². The SMILES string of the molecule is Cc1cc(C)c(N2[C]C3(CCC2(C)C)CC(C)CCC3C)c(C)c1. The average Bonchev–Trinajstić information content (AvgIpc) is 2.46. The van der Waals surface area contributed by atoms with Crippen molar-refractivity contribution >= 4 is 5.69 Å². The molecule has 2 aliphatic rings. The molecule has 1 heterocycles. The number of hydrogen-bond donors (Lipinski definition) is 0. The van der Waals surface area contributed by atoms with Gasteiger partial charge in [0, 0.05) is 16.6 Å². The first-order valence-electron chi connectivity index (χ1n) is 9.80. The summed E-state index contributed by atoms with van der Waals surface area (Å²) in [5.74, 6) is 1.58. The zero-order chi connectivity index (χ0) is 17.7. The van der Waals surface area contributed by atoms with E-state index in [1.54, 1.807) is 0 Å². The molecule has 1 spiro atoms. The molecule has 0 N–H and O–H groups in total. The highest BCUT2D eigenvalue weighted by Gasteiger charge is 2.49. The second-order valence-corrected chi connectivity index (χ2v) is 9.45. The van der Waals surface area contributed by atoms with Crippen molar-refractivity contribution in [1.29, 1.82) is 0 Å². The van der Waals surface area contributed by atoms with Gasteiger partial charge in [0.25, 0.3) is 0 Å². The van der Waals surface area contributed by atoms with Crippen molar-refractivity contribution in [1.82, 2.24) is 0 Å². The van der Waals surface area contributed by atoms with E-state index in [-0.39, 0.29) is 11.0 Å². The van der Waals surface area contributed by atoms with Gasteiger partial charge < -0.3 is 4.90 Å². The van der Waals surface area contributed by atoms with Gasteiger partial charge in [-0.3, -0.25) is 0 Å². The van der Waals surface area contributed by atoms with Crippen LogP contribution in [0.3, 0.4) is 0 Å². The Morgan fingerprint density at radius 3 is 2.25 bits per heavy atom. The highest BCUT2D eigenvalue weighted by molar-refractivity contribution is 5.63. The van der Waals surface area contributed by atoms with Crippen molar-refractivity contribution in [2.24, 2.45) is 17.3 Å². The summed E-state index contributed by atoms with van der Waals surface area (Å²) in [5, 5.41) is 0. The Hall–Kier alpha value is -0.980. The molecule has 2 fully saturated rings. The maximum absolute atomic E-state index is 4.09. The molecule has 3 rings (SSSR count). The fourth-order valence-corrected chi connectivity index (χ4v) is 5.19. The Kier molecular flexibility index (Phi) is 4.51. The van der Waals surface area contributed by atoms with Crippen LogP contribution in [0.25, 0.3) is 0 Å². The smallest absolute Gasteiger partial charge is 0.0987 e. The lowest BCUT2D eigenvalue weighted by Gasteiger charge is -2.56. The molecule has 0 aromatic heterocycles. The van der Waals surface area contributed by atoms with Gasteiger partial charge in [-0.1, -0.05) is 38.0 Å². The number of aryl methyl sites for hydroxylation is 3. The van der Waals surface area contributed by atoms with Gasteiger partial charge in [-0.25, -0.2) is 0 Å². The molecule has 2 radical (unpaired) electrons. The predicted octanol–water partition coefficient (Wildman–Crippen LogP) is 6.47. The summed E-state index contributed by atoms with van der Waals surface area (Å²) in [4.78, 5) is 2.54. The lowest BCUT2D eigenvalue weighted by molar-refractivity contribution is 0.0644. The summed E-state index contributed by atoms with van der Waals surface area (Å²) in [6.45, 7) is 20.5. The molecular formula is C23H35N. The van der Waals surface area contributed by atoms with Crippen LogP contribution in [-0.4, -0.2) is 5.54 Å². The Morgan fingerprint density at radius 1 is 1.00 bits per heavy atom. The summed E-state index contributed by atoms with van der Waals surface area (Å²) in [7, 11) is 0. The summed E-state index contributed by atoms with van der Waals surface area (Å²) in [6.07, 6.45) is 6.60. The molecule has 132 valence electrons. The highest BCUT2D eigenvalue weighted by atomic mass is 15.2. The van der Waals surface area contributed by atoms with Crippen molar-refractivity contribution in [3.63, 3.8) is 0 Å². The minimum Gasteiger partial charge on any atom is -0.355 e. The number of benzene rings is 1. The van der Waals surface area contributed by atoms with E-state index < -0.39 is 0 Å². The largest absolute Gasteiger partial charge is 0.355 e. The van der Waals surface area contributed by atoms with Crippen LogP contribution in [0.5, 0.6) is 0 Å². The molecule has 1 aliphatic heterocycles. The molecule has 0 amide bonds. The molecule has 3 atom stereocenters. The second-order valence-electron chi connectivity index (χ2n) is 9.45. The third-order valence-electron chi connectivity index (χ3n) is 6.73. The van der Waals surface area contributed by atoms with Crippen LogP contribution in [0.4, 0.5) is 5.69 Å². The van der Waals surface area contributed by atoms with Crippen LogP contribution in [0, 0.1) is 44.6 Å². The van der Waals surface area contributed by atoms with E-state index in [9.17, 15) is 0 Å². The van der Waals surface area contributed by atoms with Crippen LogP contribution in [-0.2, 0) is 0 Å². The van der Waals surface area contributed by atoms with Crippen molar-refractivity contribution in [2.75, 3.05) is 4.90 Å². The Bertz CT molecular complexity index is 591. The normalized spacial score (nSPS) is 33.0. The van der Waals surface area contributed by atoms with Crippen molar-refractivity contribution in [3.05, 3.63) is 35.4 Å². The first-order valence-corrected chi connectivity index (χ1v) is 9.80. The molecular weight excluding hydrogens is 290 g/mol.